The lowest BCUT2D eigenvalue weighted by molar-refractivity contribution is -0.151. The Morgan fingerprint density at radius 2 is 1.76 bits per heavy atom. The predicted molar refractivity (Wildman–Crippen MR) is 66.5 cm³/mol. The van der Waals surface area contributed by atoms with Crippen molar-refractivity contribution >= 4 is 11.9 Å². The molecule has 0 aliphatic heterocycles. The third kappa shape index (κ3) is 4.00. The molecular formula is C12H24N2O3. The van der Waals surface area contributed by atoms with Crippen LogP contribution in [0.25, 0.3) is 0 Å². The average Bonchev–Trinajstić information content (AvgIpc) is 2.15. The zero-order chi connectivity index (χ0) is 13.9. The van der Waals surface area contributed by atoms with E-state index in [0.29, 0.717) is 0 Å². The highest BCUT2D eigenvalue weighted by atomic mass is 16.4. The van der Waals surface area contributed by atoms with Gasteiger partial charge in [-0.25, -0.2) is 0 Å². The largest absolute Gasteiger partial charge is 0.481 e. The van der Waals surface area contributed by atoms with Gasteiger partial charge in [-0.3, -0.25) is 9.59 Å². The minimum absolute atomic E-state index is 0.182. The maximum Gasteiger partial charge on any atom is 0.311 e. The van der Waals surface area contributed by atoms with E-state index in [2.05, 4.69) is 5.32 Å². The van der Waals surface area contributed by atoms with Crippen LogP contribution in [0, 0.1) is 5.41 Å². The summed E-state index contributed by atoms with van der Waals surface area (Å²) in [4.78, 5) is 22.9. The number of hydrogen-bond acceptors (Lipinski definition) is 3. The van der Waals surface area contributed by atoms with Gasteiger partial charge in [0.15, 0.2) is 0 Å². The molecule has 0 aromatic heterocycles. The third-order valence-corrected chi connectivity index (χ3v) is 3.52. The van der Waals surface area contributed by atoms with Crippen molar-refractivity contribution in [1.29, 1.82) is 0 Å². The van der Waals surface area contributed by atoms with E-state index in [1.165, 1.54) is 0 Å². The molecule has 17 heavy (non-hydrogen) atoms. The lowest BCUT2D eigenvalue weighted by atomic mass is 9.74. The van der Waals surface area contributed by atoms with E-state index >= 15 is 0 Å². The molecule has 1 unspecified atom stereocenters. The van der Waals surface area contributed by atoms with E-state index < -0.39 is 16.9 Å². The van der Waals surface area contributed by atoms with E-state index in [1.807, 2.05) is 6.92 Å². The quantitative estimate of drug-likeness (QED) is 0.652. The Hall–Kier alpha value is -1.10. The fraction of sp³-hybridized carbons (Fsp3) is 0.833. The molecule has 0 aliphatic carbocycles. The molecule has 0 fully saturated rings. The first-order valence-electron chi connectivity index (χ1n) is 5.84. The molecule has 4 N–H and O–H groups in total. The van der Waals surface area contributed by atoms with Crippen LogP contribution < -0.4 is 11.1 Å². The van der Waals surface area contributed by atoms with Crippen molar-refractivity contribution in [3.8, 4) is 0 Å². The Morgan fingerprint density at radius 3 is 2.12 bits per heavy atom. The van der Waals surface area contributed by atoms with Gasteiger partial charge in [0.1, 0.15) is 0 Å². The van der Waals surface area contributed by atoms with Crippen LogP contribution in [0.2, 0.25) is 0 Å². The lowest BCUT2D eigenvalue weighted by Gasteiger charge is -2.39. The molecule has 0 aliphatic rings. The van der Waals surface area contributed by atoms with Gasteiger partial charge in [0.25, 0.3) is 0 Å². The van der Waals surface area contributed by atoms with Crippen molar-refractivity contribution in [2.75, 3.05) is 0 Å². The monoisotopic (exact) mass is 244 g/mol. The van der Waals surface area contributed by atoms with E-state index in [4.69, 9.17) is 10.8 Å². The molecule has 0 spiro atoms. The lowest BCUT2D eigenvalue weighted by Crippen LogP contribution is -2.57. The molecule has 100 valence electrons. The zero-order valence-corrected chi connectivity index (χ0v) is 11.3. The fourth-order valence-electron chi connectivity index (χ4n) is 1.21. The van der Waals surface area contributed by atoms with Crippen LogP contribution >= 0.6 is 0 Å². The first-order chi connectivity index (χ1) is 7.54. The van der Waals surface area contributed by atoms with Gasteiger partial charge in [-0.1, -0.05) is 6.92 Å². The summed E-state index contributed by atoms with van der Waals surface area (Å²) in [5, 5.41) is 11.9. The Morgan fingerprint density at radius 1 is 1.29 bits per heavy atom. The van der Waals surface area contributed by atoms with Crippen LogP contribution in [0.4, 0.5) is 0 Å². The van der Waals surface area contributed by atoms with Crippen molar-refractivity contribution in [3.05, 3.63) is 0 Å². The minimum atomic E-state index is -1.04. The number of carboxylic acids is 1. The number of rotatable bonds is 6. The van der Waals surface area contributed by atoms with Crippen LogP contribution in [0.15, 0.2) is 0 Å². The molecule has 0 aromatic carbocycles. The molecule has 0 aromatic rings. The summed E-state index contributed by atoms with van der Waals surface area (Å²) >= 11 is 0. The Balaban J connectivity index is 4.65. The number of amides is 1. The van der Waals surface area contributed by atoms with Gasteiger partial charge < -0.3 is 16.2 Å². The molecule has 5 heteroatoms. The summed E-state index contributed by atoms with van der Waals surface area (Å²) in [6.45, 7) is 8.50. The number of carbonyl (C=O) groups is 2. The molecule has 0 saturated carbocycles. The highest BCUT2D eigenvalue weighted by Crippen LogP contribution is 2.30. The molecule has 0 rings (SSSR count). The highest BCUT2D eigenvalue weighted by molar-refractivity contribution is 5.80. The topological polar surface area (TPSA) is 92.4 Å². The van der Waals surface area contributed by atoms with Crippen molar-refractivity contribution in [3.63, 3.8) is 0 Å². The maximum absolute atomic E-state index is 11.7. The fourth-order valence-corrected chi connectivity index (χ4v) is 1.21. The number of nitrogens with two attached hydrogens (primary N) is 1. The van der Waals surface area contributed by atoms with Crippen LogP contribution in [-0.2, 0) is 9.59 Å². The highest BCUT2D eigenvalue weighted by Gasteiger charge is 2.44. The smallest absolute Gasteiger partial charge is 0.311 e. The average molecular weight is 244 g/mol. The second kappa shape index (κ2) is 5.49. The zero-order valence-electron chi connectivity index (χ0n) is 11.3. The number of carbonyl (C=O) groups excluding carboxylic acids is 1. The van der Waals surface area contributed by atoms with Gasteiger partial charge in [-0.15, -0.1) is 0 Å². The number of nitrogens with one attached hydrogen (secondary N) is 1. The van der Waals surface area contributed by atoms with Crippen molar-refractivity contribution < 1.29 is 14.7 Å². The van der Waals surface area contributed by atoms with Crippen molar-refractivity contribution in [2.24, 2.45) is 11.1 Å². The summed E-state index contributed by atoms with van der Waals surface area (Å²) in [5.41, 5.74) is 3.81. The normalized spacial score (nSPS) is 14.2. The van der Waals surface area contributed by atoms with Gasteiger partial charge in [0.05, 0.1) is 5.41 Å². The molecule has 0 saturated heterocycles. The van der Waals surface area contributed by atoms with Gasteiger partial charge in [0.2, 0.25) is 5.91 Å². The van der Waals surface area contributed by atoms with E-state index in [-0.39, 0.29) is 18.4 Å². The summed E-state index contributed by atoms with van der Waals surface area (Å²) in [7, 11) is 0. The molecule has 0 bridgehead atoms. The molecular weight excluding hydrogens is 220 g/mol. The summed E-state index contributed by atoms with van der Waals surface area (Å²) < 4.78 is 0. The first-order valence-corrected chi connectivity index (χ1v) is 5.84. The van der Waals surface area contributed by atoms with Crippen LogP contribution in [0.5, 0.6) is 0 Å². The van der Waals surface area contributed by atoms with Gasteiger partial charge in [-0.2, -0.15) is 0 Å². The Kier molecular flexibility index (Phi) is 5.13. The SMILES string of the molecule is CCC(N)CC(=O)NC(C)(C)C(C)(C)C(=O)O. The van der Waals surface area contributed by atoms with Crippen LogP contribution in [0.3, 0.4) is 0 Å². The predicted octanol–water partition coefficient (Wildman–Crippen LogP) is 1.12. The second-order valence-corrected chi connectivity index (χ2v) is 5.48. The second-order valence-electron chi connectivity index (χ2n) is 5.48. The standard InChI is InChI=1S/C12H24N2O3/c1-6-8(13)7-9(15)14-12(4,5)11(2,3)10(16)17/h8H,6-7,13H2,1-5H3,(H,14,15)(H,16,17). The Bertz CT molecular complexity index is 298. The third-order valence-electron chi connectivity index (χ3n) is 3.52. The van der Waals surface area contributed by atoms with Gasteiger partial charge in [0, 0.05) is 18.0 Å². The molecule has 0 radical (unpaired) electrons. The molecule has 0 heterocycles. The van der Waals surface area contributed by atoms with Crippen molar-refractivity contribution in [2.45, 2.75) is 59.0 Å². The van der Waals surface area contributed by atoms with Gasteiger partial charge >= 0.3 is 5.97 Å². The molecule has 1 amide bonds. The van der Waals surface area contributed by atoms with E-state index in [1.54, 1.807) is 27.7 Å². The minimum Gasteiger partial charge on any atom is -0.481 e. The van der Waals surface area contributed by atoms with E-state index in [0.717, 1.165) is 6.42 Å². The number of hydrogen-bond donors (Lipinski definition) is 3. The Labute approximate surface area is 103 Å². The first kappa shape index (κ1) is 15.9. The molecule has 5 nitrogen and oxygen atoms in total. The van der Waals surface area contributed by atoms with E-state index in [9.17, 15) is 9.59 Å². The van der Waals surface area contributed by atoms with Crippen LogP contribution in [-0.4, -0.2) is 28.6 Å². The maximum atomic E-state index is 11.7. The van der Waals surface area contributed by atoms with Gasteiger partial charge in [-0.05, 0) is 34.1 Å². The van der Waals surface area contributed by atoms with Crippen LogP contribution in [0.1, 0.15) is 47.5 Å². The summed E-state index contributed by atoms with van der Waals surface area (Å²) in [5.74, 6) is -1.15. The number of carboxylic acid groups (broad SMARTS) is 1. The summed E-state index contributed by atoms with van der Waals surface area (Å²) in [6, 6.07) is -0.182. The summed E-state index contributed by atoms with van der Waals surface area (Å²) in [6.07, 6.45) is 0.936. The van der Waals surface area contributed by atoms with Crippen molar-refractivity contribution in [1.82, 2.24) is 5.32 Å². The molecule has 1 atom stereocenters. The number of aliphatic carboxylic acids is 1.